The van der Waals surface area contributed by atoms with E-state index in [1.54, 1.807) is 37.4 Å². The summed E-state index contributed by atoms with van der Waals surface area (Å²) in [5, 5.41) is 11.1. The number of esters is 1. The predicted octanol–water partition coefficient (Wildman–Crippen LogP) is 1.41. The van der Waals surface area contributed by atoms with Crippen molar-refractivity contribution in [3.8, 4) is 6.07 Å². The van der Waals surface area contributed by atoms with E-state index in [9.17, 15) is 4.79 Å². The molecule has 0 aliphatic carbocycles. The van der Waals surface area contributed by atoms with Crippen LogP contribution < -0.4 is 5.32 Å². The number of nitrogens with zero attached hydrogens (tertiary/aromatic N) is 1. The smallest absolute Gasteiger partial charge is 0.339 e. The van der Waals surface area contributed by atoms with E-state index in [1.807, 2.05) is 0 Å². The van der Waals surface area contributed by atoms with Crippen molar-refractivity contribution in [1.82, 2.24) is 0 Å². The van der Waals surface area contributed by atoms with Gasteiger partial charge >= 0.3 is 5.97 Å². The lowest BCUT2D eigenvalue weighted by molar-refractivity contribution is 0.0555. The molecule has 0 radical (unpaired) electrons. The van der Waals surface area contributed by atoms with Crippen LogP contribution in [0.25, 0.3) is 0 Å². The van der Waals surface area contributed by atoms with Gasteiger partial charge in [0.1, 0.15) is 6.07 Å². The lowest BCUT2D eigenvalue weighted by atomic mass is 10.2. The Labute approximate surface area is 82.1 Å². The molecule has 0 spiro atoms. The van der Waals surface area contributed by atoms with Gasteiger partial charge in [0, 0.05) is 12.7 Å². The van der Waals surface area contributed by atoms with E-state index in [1.165, 1.54) is 0 Å². The Balaban J connectivity index is 2.67. The van der Waals surface area contributed by atoms with Crippen LogP contribution in [-0.4, -0.2) is 19.6 Å². The van der Waals surface area contributed by atoms with Crippen molar-refractivity contribution >= 4 is 11.7 Å². The van der Waals surface area contributed by atoms with Crippen LogP contribution in [0.5, 0.6) is 0 Å². The average molecular weight is 190 g/mol. The minimum atomic E-state index is -0.478. The van der Waals surface area contributed by atoms with Crippen LogP contribution in [0.3, 0.4) is 0 Å². The number of carbonyl (C=O) groups is 1. The first kappa shape index (κ1) is 10.1. The highest BCUT2D eigenvalue weighted by Crippen LogP contribution is 2.09. The first-order valence-electron chi connectivity index (χ1n) is 4.10. The maximum atomic E-state index is 11.2. The fraction of sp³-hybridized carbons (Fsp3) is 0.200. The van der Waals surface area contributed by atoms with Gasteiger partial charge in [-0.25, -0.2) is 4.79 Å². The largest absolute Gasteiger partial charge is 0.447 e. The molecular formula is C10H10N2O2. The third-order valence-electron chi connectivity index (χ3n) is 1.68. The standard InChI is InChI=1S/C10H10N2O2/c1-12-9-4-2-8(3-5-9)10(13)14-7-6-11/h2-5,12H,7H2,1H3. The molecule has 0 aliphatic heterocycles. The summed E-state index contributed by atoms with van der Waals surface area (Å²) < 4.78 is 4.63. The number of anilines is 1. The maximum absolute atomic E-state index is 11.2. The number of hydrogen-bond acceptors (Lipinski definition) is 4. The number of carbonyl (C=O) groups excluding carboxylic acids is 1. The van der Waals surface area contributed by atoms with E-state index in [2.05, 4.69) is 10.1 Å². The molecule has 0 aromatic heterocycles. The van der Waals surface area contributed by atoms with Crippen molar-refractivity contribution in [3.63, 3.8) is 0 Å². The fourth-order valence-corrected chi connectivity index (χ4v) is 0.954. The van der Waals surface area contributed by atoms with E-state index < -0.39 is 5.97 Å². The van der Waals surface area contributed by atoms with E-state index in [0.717, 1.165) is 5.69 Å². The lowest BCUT2D eigenvalue weighted by Crippen LogP contribution is -2.05. The van der Waals surface area contributed by atoms with Crippen molar-refractivity contribution < 1.29 is 9.53 Å². The Morgan fingerprint density at radius 2 is 2.14 bits per heavy atom. The zero-order valence-electron chi connectivity index (χ0n) is 7.78. The molecule has 1 aromatic carbocycles. The Bertz CT molecular complexity index is 351. The Hall–Kier alpha value is -2.02. The molecule has 4 nitrogen and oxygen atoms in total. The predicted molar refractivity (Wildman–Crippen MR) is 51.9 cm³/mol. The molecule has 4 heteroatoms. The van der Waals surface area contributed by atoms with Crippen LogP contribution in [0, 0.1) is 11.3 Å². The van der Waals surface area contributed by atoms with E-state index in [-0.39, 0.29) is 6.61 Å². The number of ether oxygens (including phenoxy) is 1. The molecule has 1 rings (SSSR count). The summed E-state index contributed by atoms with van der Waals surface area (Å²) in [5.41, 5.74) is 1.36. The zero-order chi connectivity index (χ0) is 10.4. The molecule has 0 saturated heterocycles. The van der Waals surface area contributed by atoms with Gasteiger partial charge in [0.25, 0.3) is 0 Å². The van der Waals surface area contributed by atoms with Crippen LogP contribution in [0.4, 0.5) is 5.69 Å². The zero-order valence-corrected chi connectivity index (χ0v) is 7.78. The number of hydrogen-bond donors (Lipinski definition) is 1. The average Bonchev–Trinajstić information content (AvgIpc) is 2.26. The van der Waals surface area contributed by atoms with Crippen molar-refractivity contribution in [2.24, 2.45) is 0 Å². The van der Waals surface area contributed by atoms with Gasteiger partial charge in [-0.1, -0.05) is 0 Å². The molecule has 14 heavy (non-hydrogen) atoms. The molecule has 72 valence electrons. The third-order valence-corrected chi connectivity index (χ3v) is 1.68. The quantitative estimate of drug-likeness (QED) is 0.732. The molecule has 0 bridgehead atoms. The third kappa shape index (κ3) is 2.49. The van der Waals surface area contributed by atoms with Crippen LogP contribution in [0.2, 0.25) is 0 Å². The van der Waals surface area contributed by atoms with Crippen LogP contribution in [0.1, 0.15) is 10.4 Å². The van der Waals surface area contributed by atoms with Gasteiger partial charge < -0.3 is 10.1 Å². The minimum Gasteiger partial charge on any atom is -0.447 e. The molecular weight excluding hydrogens is 180 g/mol. The van der Waals surface area contributed by atoms with Gasteiger partial charge in [0.05, 0.1) is 5.56 Å². The van der Waals surface area contributed by atoms with Crippen LogP contribution in [-0.2, 0) is 4.74 Å². The van der Waals surface area contributed by atoms with Gasteiger partial charge in [0.15, 0.2) is 6.61 Å². The fourth-order valence-electron chi connectivity index (χ4n) is 0.954. The summed E-state index contributed by atoms with van der Waals surface area (Å²) in [5.74, 6) is -0.478. The van der Waals surface area contributed by atoms with Crippen molar-refractivity contribution in [2.75, 3.05) is 19.0 Å². The Morgan fingerprint density at radius 1 is 1.50 bits per heavy atom. The number of nitriles is 1. The maximum Gasteiger partial charge on any atom is 0.339 e. The normalized spacial score (nSPS) is 8.86. The van der Waals surface area contributed by atoms with Crippen molar-refractivity contribution in [1.29, 1.82) is 5.26 Å². The van der Waals surface area contributed by atoms with Crippen LogP contribution in [0.15, 0.2) is 24.3 Å². The lowest BCUT2D eigenvalue weighted by Gasteiger charge is -2.02. The van der Waals surface area contributed by atoms with Crippen molar-refractivity contribution in [2.45, 2.75) is 0 Å². The topological polar surface area (TPSA) is 62.1 Å². The second kappa shape index (κ2) is 4.87. The molecule has 1 aromatic rings. The Morgan fingerprint density at radius 3 is 2.64 bits per heavy atom. The summed E-state index contributed by atoms with van der Waals surface area (Å²) >= 11 is 0. The molecule has 0 fully saturated rings. The SMILES string of the molecule is CNc1ccc(C(=O)OCC#N)cc1. The first-order valence-corrected chi connectivity index (χ1v) is 4.10. The molecule has 1 N–H and O–H groups in total. The van der Waals surface area contributed by atoms with Gasteiger partial charge in [-0.2, -0.15) is 5.26 Å². The number of benzene rings is 1. The summed E-state index contributed by atoms with van der Waals surface area (Å²) in [6, 6.07) is 8.56. The summed E-state index contributed by atoms with van der Waals surface area (Å²) in [6.45, 7) is -0.216. The molecule has 0 atom stereocenters. The second-order valence-corrected chi connectivity index (χ2v) is 2.56. The monoisotopic (exact) mass is 190 g/mol. The molecule has 0 amide bonds. The number of nitrogens with one attached hydrogen (secondary N) is 1. The van der Waals surface area contributed by atoms with Crippen LogP contribution >= 0.6 is 0 Å². The van der Waals surface area contributed by atoms with Crippen molar-refractivity contribution in [3.05, 3.63) is 29.8 Å². The molecule has 0 heterocycles. The van der Waals surface area contributed by atoms with Gasteiger partial charge in [-0.3, -0.25) is 0 Å². The first-order chi connectivity index (χ1) is 6.77. The summed E-state index contributed by atoms with van der Waals surface area (Å²) in [4.78, 5) is 11.2. The highest BCUT2D eigenvalue weighted by atomic mass is 16.5. The number of rotatable bonds is 3. The molecule has 0 aliphatic rings. The van der Waals surface area contributed by atoms with E-state index in [0.29, 0.717) is 5.56 Å². The summed E-state index contributed by atoms with van der Waals surface area (Å²) in [7, 11) is 1.79. The van der Waals surface area contributed by atoms with Gasteiger partial charge in [-0.05, 0) is 24.3 Å². The molecule has 0 unspecified atom stereocenters. The van der Waals surface area contributed by atoms with Gasteiger partial charge in [0.2, 0.25) is 0 Å². The molecule has 0 saturated carbocycles. The second-order valence-electron chi connectivity index (χ2n) is 2.56. The summed E-state index contributed by atoms with van der Waals surface area (Å²) in [6.07, 6.45) is 0. The Kier molecular flexibility index (Phi) is 3.50. The van der Waals surface area contributed by atoms with Gasteiger partial charge in [-0.15, -0.1) is 0 Å². The highest BCUT2D eigenvalue weighted by Gasteiger charge is 2.05. The van der Waals surface area contributed by atoms with E-state index >= 15 is 0 Å². The van der Waals surface area contributed by atoms with E-state index in [4.69, 9.17) is 5.26 Å². The highest BCUT2D eigenvalue weighted by molar-refractivity contribution is 5.89. The minimum absolute atomic E-state index is 0.216.